The highest BCUT2D eigenvalue weighted by Gasteiger charge is 2.21. The number of amides is 1. The van der Waals surface area contributed by atoms with Gasteiger partial charge in [-0.3, -0.25) is 9.78 Å². The van der Waals surface area contributed by atoms with Crippen LogP contribution in [0.4, 0.5) is 5.69 Å². The molecular formula is C25H27Cl3N4O. The number of hydrogen-bond donors (Lipinski definition) is 1. The van der Waals surface area contributed by atoms with E-state index in [2.05, 4.69) is 36.1 Å². The van der Waals surface area contributed by atoms with Crippen LogP contribution in [0.5, 0.6) is 0 Å². The van der Waals surface area contributed by atoms with Gasteiger partial charge in [-0.15, -0.1) is 0 Å². The number of pyridine rings is 2. The summed E-state index contributed by atoms with van der Waals surface area (Å²) in [5.41, 5.74) is 3.97. The van der Waals surface area contributed by atoms with Crippen LogP contribution in [-0.2, 0) is 18.4 Å². The van der Waals surface area contributed by atoms with Crippen molar-refractivity contribution in [2.75, 3.05) is 18.9 Å². The Morgan fingerprint density at radius 3 is 2.30 bits per heavy atom. The molecule has 0 aliphatic carbocycles. The number of nitrogens with one attached hydrogen (secondary N) is 1. The van der Waals surface area contributed by atoms with E-state index in [1.54, 1.807) is 30.3 Å². The van der Waals surface area contributed by atoms with E-state index in [9.17, 15) is 4.79 Å². The molecule has 0 saturated heterocycles. The maximum absolute atomic E-state index is 13.6. The highest BCUT2D eigenvalue weighted by Crippen LogP contribution is 2.25. The Morgan fingerprint density at radius 1 is 0.970 bits per heavy atom. The summed E-state index contributed by atoms with van der Waals surface area (Å²) in [5, 5.41) is 4.28. The van der Waals surface area contributed by atoms with Crippen LogP contribution in [0.15, 0.2) is 48.8 Å². The average Bonchev–Trinajstić information content (AvgIpc) is 2.78. The molecule has 0 aliphatic heterocycles. The first-order valence-electron chi connectivity index (χ1n) is 10.6. The summed E-state index contributed by atoms with van der Waals surface area (Å²) in [7, 11) is 1.75. The van der Waals surface area contributed by atoms with Gasteiger partial charge >= 0.3 is 0 Å². The summed E-state index contributed by atoms with van der Waals surface area (Å²) in [6, 6.07) is 11.1. The molecule has 2 aromatic heterocycles. The number of aromatic nitrogens is 2. The van der Waals surface area contributed by atoms with E-state index in [0.29, 0.717) is 40.8 Å². The van der Waals surface area contributed by atoms with E-state index < -0.39 is 0 Å². The average molecular weight is 506 g/mol. The second-order valence-electron chi connectivity index (χ2n) is 8.83. The molecule has 5 nitrogen and oxygen atoms in total. The molecule has 1 amide bonds. The first kappa shape index (κ1) is 25.3. The van der Waals surface area contributed by atoms with E-state index in [4.69, 9.17) is 34.8 Å². The van der Waals surface area contributed by atoms with Gasteiger partial charge in [-0.25, -0.2) is 4.98 Å². The van der Waals surface area contributed by atoms with Gasteiger partial charge in [0.15, 0.2) is 0 Å². The minimum atomic E-state index is -0.149. The lowest BCUT2D eigenvalue weighted by molar-refractivity contribution is 0.0745. The number of anilines is 1. The summed E-state index contributed by atoms with van der Waals surface area (Å²) in [6.07, 6.45) is 4.01. The van der Waals surface area contributed by atoms with Crippen LogP contribution in [0.2, 0.25) is 15.2 Å². The third-order valence-electron chi connectivity index (χ3n) is 5.28. The molecule has 0 fully saturated rings. The Hall–Kier alpha value is -2.34. The smallest absolute Gasteiger partial charge is 0.256 e. The maximum atomic E-state index is 13.6. The number of benzene rings is 1. The first-order chi connectivity index (χ1) is 15.6. The Balaban J connectivity index is 1.89. The van der Waals surface area contributed by atoms with Gasteiger partial charge in [-0.1, -0.05) is 67.7 Å². The van der Waals surface area contributed by atoms with Gasteiger partial charge in [0.2, 0.25) is 0 Å². The van der Waals surface area contributed by atoms with Crippen molar-refractivity contribution in [3.05, 3.63) is 86.4 Å². The molecule has 3 rings (SSSR count). The van der Waals surface area contributed by atoms with Crippen LogP contribution in [0.1, 0.15) is 48.0 Å². The van der Waals surface area contributed by atoms with Crippen molar-refractivity contribution >= 4 is 46.4 Å². The van der Waals surface area contributed by atoms with Gasteiger partial charge in [0.05, 0.1) is 27.5 Å². The number of halogens is 3. The fraction of sp³-hybridized carbons (Fsp3) is 0.320. The van der Waals surface area contributed by atoms with Crippen LogP contribution in [0, 0.1) is 0 Å². The molecule has 0 bridgehead atoms. The molecule has 174 valence electrons. The summed E-state index contributed by atoms with van der Waals surface area (Å²) in [6.45, 7) is 7.24. The van der Waals surface area contributed by atoms with Gasteiger partial charge in [0.1, 0.15) is 5.15 Å². The van der Waals surface area contributed by atoms with Crippen molar-refractivity contribution in [3.8, 4) is 0 Å². The van der Waals surface area contributed by atoms with Gasteiger partial charge in [0.25, 0.3) is 5.91 Å². The molecule has 0 aliphatic rings. The monoisotopic (exact) mass is 504 g/mol. The molecule has 8 heteroatoms. The van der Waals surface area contributed by atoms with Crippen molar-refractivity contribution < 1.29 is 4.79 Å². The lowest BCUT2D eigenvalue weighted by Gasteiger charge is -2.25. The molecule has 2 heterocycles. The van der Waals surface area contributed by atoms with Crippen molar-refractivity contribution in [2.45, 2.75) is 39.2 Å². The van der Waals surface area contributed by atoms with E-state index in [1.165, 1.54) is 0 Å². The fourth-order valence-electron chi connectivity index (χ4n) is 3.37. The van der Waals surface area contributed by atoms with Gasteiger partial charge in [-0.05, 0) is 41.8 Å². The largest absolute Gasteiger partial charge is 0.386 e. The summed E-state index contributed by atoms with van der Waals surface area (Å²) in [4.78, 5) is 24.0. The van der Waals surface area contributed by atoms with Gasteiger partial charge in [-0.2, -0.15) is 0 Å². The first-order valence-corrected chi connectivity index (χ1v) is 11.7. The predicted octanol–water partition coefficient (Wildman–Crippen LogP) is 6.66. The van der Waals surface area contributed by atoms with Crippen LogP contribution in [0.3, 0.4) is 0 Å². The second kappa shape index (κ2) is 10.7. The van der Waals surface area contributed by atoms with Crippen molar-refractivity contribution in [1.82, 2.24) is 14.9 Å². The van der Waals surface area contributed by atoms with Crippen molar-refractivity contribution in [2.24, 2.45) is 0 Å². The van der Waals surface area contributed by atoms with Crippen LogP contribution in [-0.4, -0.2) is 34.4 Å². The zero-order chi connectivity index (χ0) is 24.2. The Kier molecular flexibility index (Phi) is 8.22. The highest BCUT2D eigenvalue weighted by molar-refractivity contribution is 6.42. The molecule has 1 aromatic carbocycles. The zero-order valence-electron chi connectivity index (χ0n) is 19.1. The van der Waals surface area contributed by atoms with Gasteiger partial charge in [0, 0.05) is 37.4 Å². The standard InChI is InChI=1S/C25H27Cl3N4O/c1-25(2,3)22-8-6-17(13-30-22)15-32(10-9-16-5-7-19(26)20(27)11-16)24(33)18-12-23(28)31-14-21(18)29-4/h5-8,11-14,29H,9-10,15H2,1-4H3. The fourth-order valence-corrected chi connectivity index (χ4v) is 3.85. The molecule has 0 saturated carbocycles. The number of carbonyl (C=O) groups excluding carboxylic acids is 1. The summed E-state index contributed by atoms with van der Waals surface area (Å²) in [5.74, 6) is -0.149. The maximum Gasteiger partial charge on any atom is 0.256 e. The lowest BCUT2D eigenvalue weighted by atomic mass is 9.91. The number of rotatable bonds is 7. The third kappa shape index (κ3) is 6.59. The SMILES string of the molecule is CNc1cnc(Cl)cc1C(=O)N(CCc1ccc(Cl)c(Cl)c1)Cc1ccc(C(C)(C)C)nc1. The molecule has 0 spiro atoms. The van der Waals surface area contributed by atoms with Crippen LogP contribution in [0.25, 0.3) is 0 Å². The summed E-state index contributed by atoms with van der Waals surface area (Å²) >= 11 is 18.3. The van der Waals surface area contributed by atoms with Crippen LogP contribution < -0.4 is 5.32 Å². The Labute approximate surface area is 210 Å². The molecular weight excluding hydrogens is 479 g/mol. The number of carbonyl (C=O) groups is 1. The third-order valence-corrected chi connectivity index (χ3v) is 6.22. The molecule has 0 radical (unpaired) electrons. The zero-order valence-corrected chi connectivity index (χ0v) is 21.4. The summed E-state index contributed by atoms with van der Waals surface area (Å²) < 4.78 is 0. The van der Waals surface area contributed by atoms with Crippen molar-refractivity contribution in [1.29, 1.82) is 0 Å². The normalized spacial score (nSPS) is 11.4. The molecule has 33 heavy (non-hydrogen) atoms. The number of hydrogen-bond acceptors (Lipinski definition) is 4. The predicted molar refractivity (Wildman–Crippen MR) is 137 cm³/mol. The van der Waals surface area contributed by atoms with E-state index in [-0.39, 0.29) is 16.5 Å². The van der Waals surface area contributed by atoms with E-state index >= 15 is 0 Å². The lowest BCUT2D eigenvalue weighted by Crippen LogP contribution is -2.33. The van der Waals surface area contributed by atoms with E-state index in [1.807, 2.05) is 30.5 Å². The highest BCUT2D eigenvalue weighted by atomic mass is 35.5. The van der Waals surface area contributed by atoms with Crippen LogP contribution >= 0.6 is 34.8 Å². The number of nitrogens with zero attached hydrogens (tertiary/aromatic N) is 3. The molecule has 3 aromatic rings. The molecule has 1 N–H and O–H groups in total. The minimum Gasteiger partial charge on any atom is -0.386 e. The minimum absolute atomic E-state index is 0.0443. The second-order valence-corrected chi connectivity index (χ2v) is 10.0. The Bertz CT molecular complexity index is 1130. The molecule has 0 unspecified atom stereocenters. The van der Waals surface area contributed by atoms with Crippen molar-refractivity contribution in [3.63, 3.8) is 0 Å². The molecule has 0 atom stereocenters. The van der Waals surface area contributed by atoms with Gasteiger partial charge < -0.3 is 10.2 Å². The Morgan fingerprint density at radius 2 is 1.70 bits per heavy atom. The quantitative estimate of drug-likeness (QED) is 0.365. The van der Waals surface area contributed by atoms with E-state index in [0.717, 1.165) is 16.8 Å². The topological polar surface area (TPSA) is 58.1 Å².